The monoisotopic (exact) mass is 626 g/mol. The van der Waals surface area contributed by atoms with Crippen LogP contribution in [-0.4, -0.2) is 50.5 Å². The van der Waals surface area contributed by atoms with Crippen molar-refractivity contribution < 1.29 is 23.1 Å². The van der Waals surface area contributed by atoms with Gasteiger partial charge in [-0.3, -0.25) is 4.79 Å². The topological polar surface area (TPSA) is 95.9 Å². The summed E-state index contributed by atoms with van der Waals surface area (Å²) in [6.07, 6.45) is 8.61. The zero-order chi connectivity index (χ0) is 30.5. The third kappa shape index (κ3) is 5.83. The molecule has 6 rings (SSSR count). The van der Waals surface area contributed by atoms with E-state index in [2.05, 4.69) is 21.8 Å². The van der Waals surface area contributed by atoms with Gasteiger partial charge >= 0.3 is 0 Å². The van der Waals surface area contributed by atoms with Crippen molar-refractivity contribution in [3.63, 3.8) is 0 Å². The summed E-state index contributed by atoms with van der Waals surface area (Å²) in [6, 6.07) is 11.4. The molecule has 2 heterocycles. The molecule has 4 aliphatic rings. The summed E-state index contributed by atoms with van der Waals surface area (Å²) in [5.74, 6) is 0.0209. The zero-order valence-electron chi connectivity index (χ0n) is 25.3. The molecule has 2 aromatic carbocycles. The molecular formula is C34H43ClN2O5S. The maximum atomic E-state index is 13.6. The fourth-order valence-electron chi connectivity index (χ4n) is 8.10. The van der Waals surface area contributed by atoms with Gasteiger partial charge in [0.05, 0.1) is 23.6 Å². The summed E-state index contributed by atoms with van der Waals surface area (Å²) < 4.78 is 36.1. The number of aliphatic hydroxyl groups is 1. The Morgan fingerprint density at radius 1 is 1.16 bits per heavy atom. The first kappa shape index (κ1) is 30.5. The molecule has 1 fully saturated rings. The fraction of sp³-hybridized carbons (Fsp3) is 0.559. The van der Waals surface area contributed by atoms with Crippen molar-refractivity contribution in [2.75, 3.05) is 24.6 Å². The average Bonchev–Trinajstić information content (AvgIpc) is 3.07. The van der Waals surface area contributed by atoms with Crippen molar-refractivity contribution in [2.24, 2.45) is 23.7 Å². The van der Waals surface area contributed by atoms with Crippen molar-refractivity contribution in [3.8, 4) is 5.75 Å². The number of rotatable bonds is 1. The number of nitrogens with zero attached hydrogens (tertiary/aromatic N) is 1. The molecule has 1 amide bonds. The van der Waals surface area contributed by atoms with E-state index >= 15 is 0 Å². The summed E-state index contributed by atoms with van der Waals surface area (Å²) >= 11 is 6.39. The van der Waals surface area contributed by atoms with Crippen molar-refractivity contribution in [1.29, 1.82) is 0 Å². The summed E-state index contributed by atoms with van der Waals surface area (Å²) in [4.78, 5) is 15.9. The number of ether oxygens (including phenoxy) is 1. The van der Waals surface area contributed by atoms with Crippen LogP contribution < -0.4 is 14.4 Å². The summed E-state index contributed by atoms with van der Waals surface area (Å²) in [5, 5.41) is 11.2. The Kier molecular flexibility index (Phi) is 8.33. The van der Waals surface area contributed by atoms with E-state index in [1.807, 2.05) is 39.0 Å². The molecule has 0 aromatic heterocycles. The number of aryl methyl sites for hydroxylation is 1. The van der Waals surface area contributed by atoms with E-state index in [1.54, 1.807) is 18.2 Å². The van der Waals surface area contributed by atoms with Crippen molar-refractivity contribution in [3.05, 3.63) is 70.3 Å². The largest absolute Gasteiger partial charge is 0.490 e. The van der Waals surface area contributed by atoms with Crippen LogP contribution in [0.5, 0.6) is 5.75 Å². The molecule has 2 aliphatic carbocycles. The van der Waals surface area contributed by atoms with Gasteiger partial charge in [-0.1, -0.05) is 50.6 Å². The normalized spacial score (nSPS) is 32.9. The molecule has 0 saturated heterocycles. The van der Waals surface area contributed by atoms with Crippen LogP contribution in [0, 0.1) is 23.7 Å². The van der Waals surface area contributed by atoms with Gasteiger partial charge in [-0.2, -0.15) is 0 Å². The fourth-order valence-corrected chi connectivity index (χ4v) is 10.2. The summed E-state index contributed by atoms with van der Waals surface area (Å²) in [6.45, 7) is 7.53. The highest BCUT2D eigenvalue weighted by molar-refractivity contribution is 7.90. The third-order valence-corrected chi connectivity index (χ3v) is 12.8. The third-order valence-electron chi connectivity index (χ3n) is 10.3. The molecule has 1 spiro atoms. The lowest BCUT2D eigenvalue weighted by Crippen LogP contribution is -2.49. The van der Waals surface area contributed by atoms with Crippen LogP contribution in [0.4, 0.5) is 5.69 Å². The standard InChI is InChI=1S/C34H43ClN2O5S/c1-21(2)32-22(3)6-4-8-30(38)27-12-9-25(27)18-37-19-34(15-5-7-23-16-26(35)11-13-28(23)34)20-42-31-14-10-24(17-29(31)37)33(39)36-43(32,40)41/h4,8,10-11,13-14,16-17,21-22,25,27,30,32,38H,5-7,9,12,15,18-20H2,1-3H3,(H,36,39)/b8-4+/t22-,25-,27+,30-,32-,34-/m0/s1. The van der Waals surface area contributed by atoms with Crippen molar-refractivity contribution >= 4 is 33.2 Å². The Morgan fingerprint density at radius 3 is 2.72 bits per heavy atom. The molecular weight excluding hydrogens is 584 g/mol. The van der Waals surface area contributed by atoms with E-state index in [0.29, 0.717) is 31.9 Å². The minimum absolute atomic E-state index is 0.122. The maximum absolute atomic E-state index is 13.6. The summed E-state index contributed by atoms with van der Waals surface area (Å²) in [5.41, 5.74) is 3.33. The number of anilines is 1. The number of sulfonamides is 1. The van der Waals surface area contributed by atoms with Gasteiger partial charge in [0.25, 0.3) is 5.91 Å². The number of aliphatic hydroxyl groups excluding tert-OH is 1. The number of carbonyl (C=O) groups is 1. The molecule has 2 N–H and O–H groups in total. The lowest BCUT2D eigenvalue weighted by Gasteiger charge is -2.45. The highest BCUT2D eigenvalue weighted by atomic mass is 35.5. The van der Waals surface area contributed by atoms with Crippen molar-refractivity contribution in [2.45, 2.75) is 76.1 Å². The molecule has 2 aromatic rings. The van der Waals surface area contributed by atoms with Gasteiger partial charge in [0, 0.05) is 29.1 Å². The quantitative estimate of drug-likeness (QED) is 0.384. The number of nitrogens with one attached hydrogen (secondary N) is 1. The van der Waals surface area contributed by atoms with E-state index in [0.717, 1.165) is 42.8 Å². The Bertz CT molecular complexity index is 1520. The number of amides is 1. The highest BCUT2D eigenvalue weighted by Crippen LogP contribution is 2.46. The van der Waals surface area contributed by atoms with Gasteiger partial charge in [-0.15, -0.1) is 0 Å². The second kappa shape index (κ2) is 11.8. The zero-order valence-corrected chi connectivity index (χ0v) is 26.8. The second-order valence-corrected chi connectivity index (χ2v) is 15.9. The van der Waals surface area contributed by atoms with Gasteiger partial charge in [-0.25, -0.2) is 13.1 Å². The van der Waals surface area contributed by atoms with E-state index in [4.69, 9.17) is 16.3 Å². The number of hydrogen-bond acceptors (Lipinski definition) is 6. The number of hydrogen-bond donors (Lipinski definition) is 2. The minimum Gasteiger partial charge on any atom is -0.490 e. The SMILES string of the molecule is CC(C)[C@H]1[C@@H](C)C/C=C/[C@H](O)[C@@H]2CC[C@H]2CN2C[C@@]3(CCCc4cc(Cl)ccc43)COc3ccc(cc32)C(=O)NS1(=O)=O. The molecule has 0 radical (unpaired) electrons. The molecule has 1 saturated carbocycles. The Hall–Kier alpha value is -2.55. The molecule has 43 heavy (non-hydrogen) atoms. The van der Waals surface area contributed by atoms with Crippen LogP contribution in [0.2, 0.25) is 5.02 Å². The van der Waals surface area contributed by atoms with Crippen LogP contribution >= 0.6 is 11.6 Å². The van der Waals surface area contributed by atoms with Gasteiger partial charge < -0.3 is 14.7 Å². The van der Waals surface area contributed by atoms with E-state index in [9.17, 15) is 18.3 Å². The smallest absolute Gasteiger partial charge is 0.264 e. The van der Waals surface area contributed by atoms with Crippen molar-refractivity contribution in [1.82, 2.24) is 4.72 Å². The second-order valence-electron chi connectivity index (χ2n) is 13.6. The van der Waals surface area contributed by atoms with Crippen LogP contribution in [0.3, 0.4) is 0 Å². The Morgan fingerprint density at radius 2 is 1.98 bits per heavy atom. The van der Waals surface area contributed by atoms with Crippen LogP contribution in [0.15, 0.2) is 48.6 Å². The number of carbonyl (C=O) groups excluding carboxylic acids is 1. The van der Waals surface area contributed by atoms with Gasteiger partial charge in [-0.05, 0) is 104 Å². The minimum atomic E-state index is -3.97. The Balaban J connectivity index is 1.43. The number of fused-ring (bicyclic) bond motifs is 4. The van der Waals surface area contributed by atoms with E-state index < -0.39 is 27.3 Å². The van der Waals surface area contributed by atoms with E-state index in [1.165, 1.54) is 11.1 Å². The molecule has 7 nitrogen and oxygen atoms in total. The molecule has 232 valence electrons. The number of allylic oxidation sites excluding steroid dienone is 1. The first-order valence-corrected chi connectivity index (χ1v) is 17.6. The maximum Gasteiger partial charge on any atom is 0.264 e. The first-order valence-electron chi connectivity index (χ1n) is 15.7. The first-order chi connectivity index (χ1) is 20.5. The van der Waals surface area contributed by atoms with E-state index in [-0.39, 0.29) is 34.7 Å². The molecule has 2 bridgehead atoms. The predicted octanol–water partition coefficient (Wildman–Crippen LogP) is 5.88. The lowest BCUT2D eigenvalue weighted by atomic mass is 9.68. The molecule has 0 unspecified atom stereocenters. The molecule has 9 heteroatoms. The highest BCUT2D eigenvalue weighted by Gasteiger charge is 2.44. The molecule has 2 aliphatic heterocycles. The van der Waals surface area contributed by atoms with Crippen LogP contribution in [0.25, 0.3) is 0 Å². The molecule has 6 atom stereocenters. The van der Waals surface area contributed by atoms with Crippen LogP contribution in [-0.2, 0) is 21.9 Å². The van der Waals surface area contributed by atoms with Crippen LogP contribution in [0.1, 0.15) is 74.4 Å². The average molecular weight is 627 g/mol. The van der Waals surface area contributed by atoms with Gasteiger partial charge in [0.15, 0.2) is 0 Å². The lowest BCUT2D eigenvalue weighted by molar-refractivity contribution is 0.0455. The number of halogens is 1. The van der Waals surface area contributed by atoms with Gasteiger partial charge in [0.2, 0.25) is 10.0 Å². The predicted molar refractivity (Wildman–Crippen MR) is 170 cm³/mol. The Labute approximate surface area is 260 Å². The number of benzene rings is 2. The van der Waals surface area contributed by atoms with Gasteiger partial charge in [0.1, 0.15) is 5.75 Å². The summed E-state index contributed by atoms with van der Waals surface area (Å²) in [7, 11) is -3.97.